The average molecular weight is 380 g/mol. The molecule has 0 unspecified atom stereocenters. The van der Waals surface area contributed by atoms with Crippen molar-refractivity contribution in [1.29, 1.82) is 0 Å². The molecule has 66 valence electrons. The van der Waals surface area contributed by atoms with Crippen molar-refractivity contribution in [2.45, 2.75) is 35.5 Å². The molecule has 0 amide bonds. The Balaban J connectivity index is 3.94. The second-order valence-electron chi connectivity index (χ2n) is 3.46. The highest BCUT2D eigenvalue weighted by molar-refractivity contribution is 14.2. The van der Waals surface area contributed by atoms with Gasteiger partial charge in [0.05, 0.1) is 0 Å². The fourth-order valence-corrected chi connectivity index (χ4v) is 1.11. The van der Waals surface area contributed by atoms with E-state index in [1.54, 1.807) is 0 Å². The van der Waals surface area contributed by atoms with E-state index in [-0.39, 0.29) is 7.35 Å². The predicted octanol–water partition coefficient (Wildman–Crippen LogP) is 3.58. The monoisotopic (exact) mass is 380 g/mol. The zero-order valence-electron chi connectivity index (χ0n) is 7.16. The number of rotatable bonds is 4. The van der Waals surface area contributed by atoms with E-state index < -0.39 is 0 Å². The zero-order valence-corrected chi connectivity index (χ0v) is 11.5. The summed E-state index contributed by atoms with van der Waals surface area (Å²) < 4.78 is 0.135. The van der Waals surface area contributed by atoms with Crippen molar-refractivity contribution in [1.82, 2.24) is 0 Å². The third-order valence-electron chi connectivity index (χ3n) is 1.85. The average Bonchev–Trinajstić information content (AvgIpc) is 1.87. The van der Waals surface area contributed by atoms with E-state index in [1.807, 2.05) is 0 Å². The normalized spacial score (nSPS) is 12.2. The molecule has 11 heavy (non-hydrogen) atoms. The molecule has 0 fully saturated rings. The van der Waals surface area contributed by atoms with E-state index >= 15 is 0 Å². The molecule has 0 rings (SSSR count). The van der Waals surface area contributed by atoms with Crippen LogP contribution in [0.3, 0.4) is 0 Å². The van der Waals surface area contributed by atoms with Crippen molar-refractivity contribution in [2.75, 3.05) is 0 Å². The van der Waals surface area contributed by atoms with E-state index in [9.17, 15) is 4.79 Å². The first-order chi connectivity index (χ1) is 4.89. The molecule has 0 bridgehead atoms. The highest BCUT2D eigenvalue weighted by Gasteiger charge is 2.22. The second-order valence-corrected chi connectivity index (χ2v) is 8.34. The summed E-state index contributed by atoms with van der Waals surface area (Å²) in [6, 6.07) is 0. The summed E-state index contributed by atoms with van der Waals surface area (Å²) in [5, 5.41) is 0. The first kappa shape index (κ1) is 12.1. The minimum absolute atomic E-state index is 0.135. The lowest BCUT2D eigenvalue weighted by molar-refractivity contribution is -0.118. The topological polar surface area (TPSA) is 17.1 Å². The molecule has 0 aromatic rings. The molecule has 0 radical (unpaired) electrons. The fourth-order valence-electron chi connectivity index (χ4n) is 0.674. The second kappa shape index (κ2) is 4.99. The molecular weight excluding hydrogens is 366 g/mol. The molecule has 0 heterocycles. The van der Waals surface area contributed by atoms with Gasteiger partial charge in [-0.1, -0.05) is 72.4 Å². The summed E-state index contributed by atoms with van der Waals surface area (Å²) in [5.41, 5.74) is 0.186. The minimum Gasteiger partial charge on any atom is -0.298 e. The van der Waals surface area contributed by atoms with Crippen molar-refractivity contribution in [2.24, 2.45) is 5.41 Å². The molecule has 0 atom stereocenters. The molecule has 0 aliphatic heterocycles. The highest BCUT2D eigenvalue weighted by atomic mass is 127. The number of hydrogen-bond acceptors (Lipinski definition) is 1. The van der Waals surface area contributed by atoms with Crippen LogP contribution in [0.25, 0.3) is 0 Å². The summed E-state index contributed by atoms with van der Waals surface area (Å²) in [4.78, 5) is 11.3. The molecule has 0 N–H and O–H groups in total. The van der Waals surface area contributed by atoms with Crippen LogP contribution < -0.4 is 0 Å². The zero-order chi connectivity index (χ0) is 9.07. The van der Waals surface area contributed by atoms with E-state index in [1.165, 1.54) is 0 Å². The molecule has 0 spiro atoms. The third-order valence-corrected chi connectivity index (χ3v) is 3.24. The van der Waals surface area contributed by atoms with E-state index in [0.29, 0.717) is 12.2 Å². The lowest BCUT2D eigenvalue weighted by atomic mass is 9.85. The smallest absolute Gasteiger partial charge is 0.156 e. The molecule has 0 saturated heterocycles. The van der Waals surface area contributed by atoms with E-state index in [4.69, 9.17) is 0 Å². The van der Waals surface area contributed by atoms with Gasteiger partial charge in [-0.25, -0.2) is 0 Å². The minimum atomic E-state index is 0.135. The number of ketones is 1. The number of carbonyl (C=O) groups excluding carboxylic acids is 1. The Morgan fingerprint density at radius 2 is 1.91 bits per heavy atom. The first-order valence-electron chi connectivity index (χ1n) is 3.70. The highest BCUT2D eigenvalue weighted by Crippen LogP contribution is 2.27. The van der Waals surface area contributed by atoms with Crippen molar-refractivity contribution in [3.8, 4) is 0 Å². The maximum Gasteiger partial charge on any atom is 0.156 e. The van der Waals surface area contributed by atoms with Crippen LogP contribution >= 0.6 is 45.2 Å². The van der Waals surface area contributed by atoms with Crippen molar-refractivity contribution >= 4 is 51.0 Å². The van der Waals surface area contributed by atoms with Gasteiger partial charge in [0.15, 0.2) is 5.78 Å². The van der Waals surface area contributed by atoms with Crippen molar-refractivity contribution in [3.63, 3.8) is 0 Å². The lowest BCUT2D eigenvalue weighted by Crippen LogP contribution is -2.19. The maximum absolute atomic E-state index is 11.3. The first-order valence-corrected chi connectivity index (χ1v) is 6.19. The van der Waals surface area contributed by atoms with Crippen LogP contribution in [0.15, 0.2) is 0 Å². The quantitative estimate of drug-likeness (QED) is 0.539. The van der Waals surface area contributed by atoms with Gasteiger partial charge in [-0.05, 0) is 5.41 Å². The number of Topliss-reactive ketones (excluding diaryl/α,β-unsaturated/α-hetero) is 1. The molecule has 0 aromatic heterocycles. The van der Waals surface area contributed by atoms with Crippen LogP contribution in [0.1, 0.15) is 33.6 Å². The van der Waals surface area contributed by atoms with E-state index in [0.717, 1.165) is 6.42 Å². The Kier molecular flexibility index (Phi) is 5.50. The Morgan fingerprint density at radius 1 is 1.45 bits per heavy atom. The van der Waals surface area contributed by atoms with Gasteiger partial charge in [0.1, 0.15) is 1.93 Å². The van der Waals surface area contributed by atoms with E-state index in [2.05, 4.69) is 66.0 Å². The summed E-state index contributed by atoms with van der Waals surface area (Å²) >= 11 is 4.32. The third kappa shape index (κ3) is 5.38. The van der Waals surface area contributed by atoms with Gasteiger partial charge in [-0.15, -0.1) is 0 Å². The van der Waals surface area contributed by atoms with Crippen LogP contribution in [-0.4, -0.2) is 7.71 Å². The molecule has 1 nitrogen and oxygen atoms in total. The van der Waals surface area contributed by atoms with Crippen molar-refractivity contribution < 1.29 is 4.79 Å². The standard InChI is InChI=1S/C8H14I2O/c1-4-8(2,3)5-6(11)7(9)10/h7H,4-5H2,1-3H3. The SMILES string of the molecule is CCC(C)(C)CC(=O)C(I)I. The van der Waals surface area contributed by atoms with Gasteiger partial charge in [-0.3, -0.25) is 4.79 Å². The molecule has 3 heteroatoms. The van der Waals surface area contributed by atoms with Crippen molar-refractivity contribution in [3.05, 3.63) is 0 Å². The molecular formula is C8H14I2O. The summed E-state index contributed by atoms with van der Waals surface area (Å²) in [6.07, 6.45) is 1.78. The molecule has 0 aliphatic rings. The maximum atomic E-state index is 11.3. The summed E-state index contributed by atoms with van der Waals surface area (Å²) in [7, 11) is 0. The van der Waals surface area contributed by atoms with Gasteiger partial charge >= 0.3 is 0 Å². The fraction of sp³-hybridized carbons (Fsp3) is 0.875. The van der Waals surface area contributed by atoms with Gasteiger partial charge < -0.3 is 0 Å². The number of alkyl halides is 2. The van der Waals surface area contributed by atoms with Crippen LogP contribution in [0.4, 0.5) is 0 Å². The van der Waals surface area contributed by atoms with Crippen LogP contribution in [-0.2, 0) is 4.79 Å². The molecule has 0 saturated carbocycles. The Bertz CT molecular complexity index is 141. The van der Waals surface area contributed by atoms with Crippen LogP contribution in [0, 0.1) is 5.41 Å². The number of hydrogen-bond donors (Lipinski definition) is 0. The van der Waals surface area contributed by atoms with Gasteiger partial charge in [-0.2, -0.15) is 0 Å². The van der Waals surface area contributed by atoms with Gasteiger partial charge in [0.2, 0.25) is 0 Å². The predicted molar refractivity (Wildman–Crippen MR) is 65.5 cm³/mol. The Labute approximate surface area is 96.0 Å². The van der Waals surface area contributed by atoms with Gasteiger partial charge in [0.25, 0.3) is 0 Å². The molecule has 0 aromatic carbocycles. The summed E-state index contributed by atoms with van der Waals surface area (Å²) in [6.45, 7) is 6.41. The largest absolute Gasteiger partial charge is 0.298 e. The summed E-state index contributed by atoms with van der Waals surface area (Å²) in [5.74, 6) is 0.359. The Morgan fingerprint density at radius 3 is 2.18 bits per heavy atom. The number of carbonyl (C=O) groups is 1. The number of halogens is 2. The van der Waals surface area contributed by atoms with Crippen LogP contribution in [0.5, 0.6) is 0 Å². The molecule has 0 aliphatic carbocycles. The van der Waals surface area contributed by atoms with Gasteiger partial charge in [0, 0.05) is 6.42 Å². The lowest BCUT2D eigenvalue weighted by Gasteiger charge is -2.21. The Hall–Kier alpha value is 1.13. The van der Waals surface area contributed by atoms with Crippen LogP contribution in [0.2, 0.25) is 0 Å².